The van der Waals surface area contributed by atoms with Crippen LogP contribution in [0.2, 0.25) is 0 Å². The minimum absolute atomic E-state index is 0.367. The summed E-state index contributed by atoms with van der Waals surface area (Å²) in [6.45, 7) is 0. The molecule has 0 nitrogen and oxygen atoms in total. The largest absolute Gasteiger partial charge is 0.0928 e. The molecule has 0 saturated carbocycles. The number of halogens is 1. The van der Waals surface area contributed by atoms with E-state index in [1.807, 2.05) is 0 Å². The van der Waals surface area contributed by atoms with Gasteiger partial charge in [0.25, 0.3) is 0 Å². The van der Waals surface area contributed by atoms with Crippen LogP contribution in [0.25, 0.3) is 22.3 Å². The first kappa shape index (κ1) is 18.7. The maximum Gasteiger partial charge on any atom is 0.00977 e. The lowest BCUT2D eigenvalue weighted by Crippen LogP contribution is -2.03. The third-order valence-electron chi connectivity index (χ3n) is 5.17. The van der Waals surface area contributed by atoms with Crippen LogP contribution < -0.4 is 0 Å². The van der Waals surface area contributed by atoms with E-state index in [0.29, 0.717) is 5.92 Å². The third kappa shape index (κ3) is 4.26. The quantitative estimate of drug-likeness (QED) is 0.274. The van der Waals surface area contributed by atoms with Crippen molar-refractivity contribution in [3.8, 4) is 22.3 Å². The molecule has 0 radical (unpaired) electrons. The molecule has 0 aromatic heterocycles. The van der Waals surface area contributed by atoms with E-state index in [1.165, 1.54) is 33.4 Å². The fraction of sp³-hybridized carbons (Fsp3) is 0.111. The summed E-state index contributed by atoms with van der Waals surface area (Å²) in [6, 6.07) is 39.2. The molecule has 138 valence electrons. The van der Waals surface area contributed by atoms with Crippen molar-refractivity contribution in [2.75, 3.05) is 5.33 Å². The minimum atomic E-state index is 0.367. The monoisotopic (exact) mass is 426 g/mol. The minimum Gasteiger partial charge on any atom is -0.0928 e. The van der Waals surface area contributed by atoms with Crippen LogP contribution in [0.3, 0.4) is 0 Å². The molecule has 0 aliphatic rings. The van der Waals surface area contributed by atoms with Gasteiger partial charge < -0.3 is 0 Å². The topological polar surface area (TPSA) is 0 Å². The van der Waals surface area contributed by atoms with Crippen LogP contribution >= 0.6 is 15.9 Å². The Morgan fingerprint density at radius 2 is 0.964 bits per heavy atom. The smallest absolute Gasteiger partial charge is 0.00977 e. The molecule has 0 fully saturated rings. The Morgan fingerprint density at radius 3 is 1.43 bits per heavy atom. The van der Waals surface area contributed by atoms with E-state index >= 15 is 0 Å². The molecule has 0 amide bonds. The summed E-state index contributed by atoms with van der Waals surface area (Å²) in [6.07, 6.45) is 1.07. The fourth-order valence-corrected chi connectivity index (χ4v) is 4.23. The molecule has 0 unspecified atom stereocenters. The van der Waals surface area contributed by atoms with Gasteiger partial charge in [-0.05, 0) is 45.9 Å². The predicted octanol–water partition coefficient (Wildman–Crippen LogP) is 7.94. The fourth-order valence-electron chi connectivity index (χ4n) is 3.77. The second kappa shape index (κ2) is 9.03. The molecule has 1 heteroatoms. The van der Waals surface area contributed by atoms with E-state index in [-0.39, 0.29) is 0 Å². The van der Waals surface area contributed by atoms with Crippen molar-refractivity contribution in [2.24, 2.45) is 0 Å². The Bertz CT molecular complexity index is 950. The molecule has 4 rings (SSSR count). The van der Waals surface area contributed by atoms with E-state index in [0.717, 1.165) is 11.8 Å². The Labute approximate surface area is 176 Å². The van der Waals surface area contributed by atoms with Crippen molar-refractivity contribution in [1.82, 2.24) is 0 Å². The molecular weight excluding hydrogens is 404 g/mol. The highest BCUT2D eigenvalue weighted by molar-refractivity contribution is 9.09. The van der Waals surface area contributed by atoms with Gasteiger partial charge in [-0.1, -0.05) is 119 Å². The van der Waals surface area contributed by atoms with Crippen LogP contribution in [-0.4, -0.2) is 5.33 Å². The van der Waals surface area contributed by atoms with Gasteiger partial charge in [0.05, 0.1) is 0 Å². The summed E-state index contributed by atoms with van der Waals surface area (Å²) < 4.78 is 0. The number of rotatable bonds is 6. The Morgan fingerprint density at radius 1 is 0.500 bits per heavy atom. The third-order valence-corrected chi connectivity index (χ3v) is 5.63. The summed E-state index contributed by atoms with van der Waals surface area (Å²) in [5.41, 5.74) is 7.79. The molecule has 1 atom stereocenters. The van der Waals surface area contributed by atoms with E-state index in [4.69, 9.17) is 0 Å². The zero-order valence-corrected chi connectivity index (χ0v) is 17.3. The molecule has 0 aliphatic carbocycles. The molecule has 4 aromatic carbocycles. The van der Waals surface area contributed by atoms with Crippen LogP contribution in [0.15, 0.2) is 109 Å². The Hall–Kier alpha value is -2.64. The second-order valence-corrected chi connectivity index (χ2v) is 7.81. The summed E-state index contributed by atoms with van der Waals surface area (Å²) in [5, 5.41) is 0.975. The number of benzene rings is 4. The van der Waals surface area contributed by atoms with Crippen molar-refractivity contribution in [2.45, 2.75) is 12.3 Å². The zero-order valence-electron chi connectivity index (χ0n) is 15.8. The van der Waals surface area contributed by atoms with Gasteiger partial charge in [-0.25, -0.2) is 0 Å². The molecule has 28 heavy (non-hydrogen) atoms. The second-order valence-electron chi connectivity index (χ2n) is 7.02. The van der Waals surface area contributed by atoms with E-state index in [2.05, 4.69) is 125 Å². The van der Waals surface area contributed by atoms with Crippen molar-refractivity contribution < 1.29 is 0 Å². The maximum atomic E-state index is 3.67. The van der Waals surface area contributed by atoms with Crippen molar-refractivity contribution in [1.29, 1.82) is 0 Å². The molecule has 0 bridgehead atoms. The average molecular weight is 427 g/mol. The SMILES string of the molecule is BrCC[C@H](c1ccccc1)c1cc(-c2ccccc2)cc(-c2ccccc2)c1. The molecular formula is C27H23Br. The average Bonchev–Trinajstić information content (AvgIpc) is 2.79. The predicted molar refractivity (Wildman–Crippen MR) is 124 cm³/mol. The first-order valence-corrected chi connectivity index (χ1v) is 10.8. The van der Waals surface area contributed by atoms with Gasteiger partial charge >= 0.3 is 0 Å². The highest BCUT2D eigenvalue weighted by Crippen LogP contribution is 2.35. The van der Waals surface area contributed by atoms with Gasteiger partial charge in [-0.15, -0.1) is 0 Å². The molecule has 0 aliphatic heterocycles. The standard InChI is InChI=1S/C27H23Br/c28-17-16-27(23-14-8-3-9-15-23)26-19-24(21-10-4-1-5-11-21)18-25(20-26)22-12-6-2-7-13-22/h1-15,18-20,27H,16-17H2/t27-/m1/s1. The van der Waals surface area contributed by atoms with Crippen LogP contribution in [-0.2, 0) is 0 Å². The van der Waals surface area contributed by atoms with Crippen LogP contribution in [0, 0.1) is 0 Å². The first-order valence-electron chi connectivity index (χ1n) is 9.72. The highest BCUT2D eigenvalue weighted by Gasteiger charge is 2.16. The van der Waals surface area contributed by atoms with Gasteiger partial charge in [0, 0.05) is 11.2 Å². The van der Waals surface area contributed by atoms with Gasteiger partial charge in [-0.2, -0.15) is 0 Å². The molecule has 0 saturated heterocycles. The lowest BCUT2D eigenvalue weighted by atomic mass is 9.85. The van der Waals surface area contributed by atoms with E-state index < -0.39 is 0 Å². The van der Waals surface area contributed by atoms with Crippen LogP contribution in [0.4, 0.5) is 0 Å². The van der Waals surface area contributed by atoms with Crippen LogP contribution in [0.5, 0.6) is 0 Å². The van der Waals surface area contributed by atoms with Crippen molar-refractivity contribution >= 4 is 15.9 Å². The van der Waals surface area contributed by atoms with Crippen LogP contribution in [0.1, 0.15) is 23.5 Å². The summed E-state index contributed by atoms with van der Waals surface area (Å²) in [7, 11) is 0. The van der Waals surface area contributed by atoms with E-state index in [1.54, 1.807) is 0 Å². The maximum absolute atomic E-state index is 3.67. The zero-order chi connectivity index (χ0) is 19.2. The van der Waals surface area contributed by atoms with Crippen molar-refractivity contribution in [3.63, 3.8) is 0 Å². The van der Waals surface area contributed by atoms with Gasteiger partial charge in [-0.3, -0.25) is 0 Å². The van der Waals surface area contributed by atoms with Gasteiger partial charge in [0.1, 0.15) is 0 Å². The highest BCUT2D eigenvalue weighted by atomic mass is 79.9. The number of alkyl halides is 1. The number of hydrogen-bond acceptors (Lipinski definition) is 0. The summed E-state index contributed by atoms with van der Waals surface area (Å²) in [5.74, 6) is 0.367. The lowest BCUT2D eigenvalue weighted by molar-refractivity contribution is 0.789. The van der Waals surface area contributed by atoms with Gasteiger partial charge in [0.15, 0.2) is 0 Å². The Balaban J connectivity index is 1.88. The number of hydrogen-bond donors (Lipinski definition) is 0. The van der Waals surface area contributed by atoms with Crippen molar-refractivity contribution in [3.05, 3.63) is 120 Å². The summed E-state index contributed by atoms with van der Waals surface area (Å²) >= 11 is 3.67. The van der Waals surface area contributed by atoms with E-state index in [9.17, 15) is 0 Å². The molecule has 0 heterocycles. The molecule has 0 spiro atoms. The van der Waals surface area contributed by atoms with Gasteiger partial charge in [0.2, 0.25) is 0 Å². The normalized spacial score (nSPS) is 11.9. The summed E-state index contributed by atoms with van der Waals surface area (Å²) in [4.78, 5) is 0. The Kier molecular flexibility index (Phi) is 6.04. The molecule has 4 aromatic rings. The lowest BCUT2D eigenvalue weighted by Gasteiger charge is -2.20. The molecule has 0 N–H and O–H groups in total. The first-order chi connectivity index (χ1) is 13.8.